The van der Waals surface area contributed by atoms with Crippen molar-refractivity contribution < 1.29 is 22.3 Å². The first-order valence-corrected chi connectivity index (χ1v) is 11.7. The van der Waals surface area contributed by atoms with Crippen molar-refractivity contribution in [3.63, 3.8) is 0 Å². The quantitative estimate of drug-likeness (QED) is 0.727. The fourth-order valence-corrected chi connectivity index (χ4v) is 5.11. The number of hydrogen-bond acceptors (Lipinski definition) is 4. The number of halogens is 1. The van der Waals surface area contributed by atoms with Crippen molar-refractivity contribution in [1.29, 1.82) is 0 Å². The van der Waals surface area contributed by atoms with Gasteiger partial charge in [-0.1, -0.05) is 42.5 Å². The first kappa shape index (κ1) is 22.2. The number of anilines is 1. The fourth-order valence-electron chi connectivity index (χ4n) is 3.94. The van der Waals surface area contributed by atoms with Crippen LogP contribution < -0.4 is 9.62 Å². The molecule has 0 spiro atoms. The third kappa shape index (κ3) is 4.82. The predicted octanol–water partition coefficient (Wildman–Crippen LogP) is 2.84. The second kappa shape index (κ2) is 9.14. The molecule has 1 unspecified atom stereocenters. The number of para-hydroxylation sites is 1. The van der Waals surface area contributed by atoms with Gasteiger partial charge in [-0.05, 0) is 37.5 Å². The second-order valence-corrected chi connectivity index (χ2v) is 9.52. The first-order valence-electron chi connectivity index (χ1n) is 9.89. The standard InChI is InChI=1S/C22H27FN2O4S/c1-17(25(30(2,27)28)20-11-7-6-10-19(20)23)21(26)24-16-22(12-14-29-15-13-22)18-8-4-3-5-9-18/h3-11,17H,12-16H2,1-2H3,(H,24,26). The van der Waals surface area contributed by atoms with Crippen molar-refractivity contribution in [1.82, 2.24) is 5.32 Å². The molecule has 0 saturated carbocycles. The van der Waals surface area contributed by atoms with E-state index in [1.54, 1.807) is 0 Å². The Morgan fingerprint density at radius 2 is 1.73 bits per heavy atom. The number of rotatable bonds is 7. The van der Waals surface area contributed by atoms with Gasteiger partial charge in [0.05, 0.1) is 11.9 Å². The molecule has 162 valence electrons. The molecule has 30 heavy (non-hydrogen) atoms. The summed E-state index contributed by atoms with van der Waals surface area (Å²) in [7, 11) is -3.88. The molecule has 8 heteroatoms. The minimum atomic E-state index is -3.88. The van der Waals surface area contributed by atoms with Gasteiger partial charge in [0.1, 0.15) is 11.9 Å². The van der Waals surface area contributed by atoms with Gasteiger partial charge < -0.3 is 10.1 Å². The van der Waals surface area contributed by atoms with E-state index in [2.05, 4.69) is 5.32 Å². The van der Waals surface area contributed by atoms with Crippen molar-refractivity contribution >= 4 is 21.6 Å². The summed E-state index contributed by atoms with van der Waals surface area (Å²) in [4.78, 5) is 13.0. The van der Waals surface area contributed by atoms with Crippen LogP contribution in [0.25, 0.3) is 0 Å². The summed E-state index contributed by atoms with van der Waals surface area (Å²) in [5, 5.41) is 2.91. The molecule has 1 aliphatic rings. The Bertz CT molecular complexity index is 976. The van der Waals surface area contributed by atoms with E-state index in [1.165, 1.54) is 31.2 Å². The molecule has 1 N–H and O–H groups in total. The highest BCUT2D eigenvalue weighted by Crippen LogP contribution is 2.34. The van der Waals surface area contributed by atoms with Crippen molar-refractivity contribution in [2.45, 2.75) is 31.2 Å². The Kier molecular flexibility index (Phi) is 6.77. The Labute approximate surface area is 177 Å². The van der Waals surface area contributed by atoms with Gasteiger partial charge in [0.2, 0.25) is 15.9 Å². The topological polar surface area (TPSA) is 75.7 Å². The average molecular weight is 435 g/mol. The monoisotopic (exact) mass is 434 g/mol. The zero-order chi connectivity index (χ0) is 21.8. The minimum Gasteiger partial charge on any atom is -0.381 e. The van der Waals surface area contributed by atoms with Crippen LogP contribution in [0.15, 0.2) is 54.6 Å². The highest BCUT2D eigenvalue weighted by atomic mass is 32.2. The lowest BCUT2D eigenvalue weighted by Gasteiger charge is -2.38. The summed E-state index contributed by atoms with van der Waals surface area (Å²) in [5.74, 6) is -1.18. The van der Waals surface area contributed by atoms with Crippen LogP contribution in [0.1, 0.15) is 25.3 Å². The zero-order valence-electron chi connectivity index (χ0n) is 17.2. The molecule has 1 saturated heterocycles. The molecule has 0 aliphatic carbocycles. The molecule has 1 aliphatic heterocycles. The molecular formula is C22H27FN2O4S. The number of carbonyl (C=O) groups excluding carboxylic acids is 1. The van der Waals surface area contributed by atoms with E-state index < -0.39 is 27.8 Å². The van der Waals surface area contributed by atoms with E-state index >= 15 is 0 Å². The average Bonchev–Trinajstić information content (AvgIpc) is 2.74. The van der Waals surface area contributed by atoms with Crippen LogP contribution in [-0.4, -0.2) is 46.4 Å². The van der Waals surface area contributed by atoms with Gasteiger partial charge in [-0.3, -0.25) is 9.10 Å². The Morgan fingerprint density at radius 1 is 1.13 bits per heavy atom. The van der Waals surface area contributed by atoms with Gasteiger partial charge >= 0.3 is 0 Å². The minimum absolute atomic E-state index is 0.147. The van der Waals surface area contributed by atoms with Crippen LogP contribution in [0.4, 0.5) is 10.1 Å². The number of hydrogen-bond donors (Lipinski definition) is 1. The van der Waals surface area contributed by atoms with Crippen LogP contribution in [-0.2, 0) is 25.0 Å². The SMILES string of the molecule is CC(C(=O)NCC1(c2ccccc2)CCOCC1)N(c1ccccc1F)S(C)(=O)=O. The van der Waals surface area contributed by atoms with Gasteiger partial charge in [0, 0.05) is 25.2 Å². The Hall–Kier alpha value is -2.45. The highest BCUT2D eigenvalue weighted by Gasteiger charge is 2.36. The summed E-state index contributed by atoms with van der Waals surface area (Å²) in [6.45, 7) is 2.98. The third-order valence-electron chi connectivity index (χ3n) is 5.62. The lowest BCUT2D eigenvalue weighted by molar-refractivity contribution is -0.122. The largest absolute Gasteiger partial charge is 0.381 e. The molecule has 1 amide bonds. The van der Waals surface area contributed by atoms with E-state index in [1.807, 2.05) is 30.3 Å². The van der Waals surface area contributed by atoms with Crippen LogP contribution in [0.2, 0.25) is 0 Å². The van der Waals surface area contributed by atoms with Crippen molar-refractivity contribution in [2.24, 2.45) is 0 Å². The molecule has 6 nitrogen and oxygen atoms in total. The number of amides is 1. The van der Waals surface area contributed by atoms with E-state index in [9.17, 15) is 17.6 Å². The van der Waals surface area contributed by atoms with Crippen LogP contribution in [0.5, 0.6) is 0 Å². The fraction of sp³-hybridized carbons (Fsp3) is 0.409. The molecule has 2 aromatic carbocycles. The van der Waals surface area contributed by atoms with Crippen LogP contribution >= 0.6 is 0 Å². The summed E-state index contributed by atoms with van der Waals surface area (Å²) < 4.78 is 45.4. The van der Waals surface area contributed by atoms with Crippen LogP contribution in [0.3, 0.4) is 0 Å². The maximum absolute atomic E-state index is 14.3. The molecule has 0 radical (unpaired) electrons. The normalized spacial score (nSPS) is 17.2. The predicted molar refractivity (Wildman–Crippen MR) is 114 cm³/mol. The van der Waals surface area contributed by atoms with E-state index in [0.29, 0.717) is 19.8 Å². The van der Waals surface area contributed by atoms with Crippen molar-refractivity contribution in [3.8, 4) is 0 Å². The summed E-state index contributed by atoms with van der Waals surface area (Å²) in [5.41, 5.74) is 0.671. The molecule has 0 bridgehead atoms. The van der Waals surface area contributed by atoms with Gasteiger partial charge in [-0.2, -0.15) is 0 Å². The van der Waals surface area contributed by atoms with Gasteiger partial charge in [0.15, 0.2) is 0 Å². The van der Waals surface area contributed by atoms with E-state index in [-0.39, 0.29) is 11.1 Å². The zero-order valence-corrected chi connectivity index (χ0v) is 18.0. The number of benzene rings is 2. The molecule has 2 aromatic rings. The summed E-state index contributed by atoms with van der Waals surface area (Å²) in [6.07, 6.45) is 2.46. The number of nitrogens with zero attached hydrogens (tertiary/aromatic N) is 1. The highest BCUT2D eigenvalue weighted by molar-refractivity contribution is 7.92. The van der Waals surface area contributed by atoms with Gasteiger partial charge in [0.25, 0.3) is 0 Å². The Morgan fingerprint density at radius 3 is 2.33 bits per heavy atom. The lowest BCUT2D eigenvalue weighted by Crippen LogP contribution is -2.52. The molecule has 3 rings (SSSR count). The maximum atomic E-state index is 14.3. The molecule has 1 heterocycles. The van der Waals surface area contributed by atoms with E-state index in [4.69, 9.17) is 4.74 Å². The third-order valence-corrected chi connectivity index (χ3v) is 6.84. The van der Waals surface area contributed by atoms with Gasteiger partial charge in [-0.25, -0.2) is 12.8 Å². The molecular weight excluding hydrogens is 407 g/mol. The second-order valence-electron chi connectivity index (χ2n) is 7.66. The summed E-state index contributed by atoms with van der Waals surface area (Å²) in [6, 6.07) is 14.3. The Balaban J connectivity index is 1.82. The lowest BCUT2D eigenvalue weighted by atomic mass is 9.74. The molecule has 0 aromatic heterocycles. The molecule has 1 atom stereocenters. The molecule has 1 fully saturated rings. The maximum Gasteiger partial charge on any atom is 0.243 e. The number of sulfonamides is 1. The van der Waals surface area contributed by atoms with Gasteiger partial charge in [-0.15, -0.1) is 0 Å². The summed E-state index contributed by atoms with van der Waals surface area (Å²) >= 11 is 0. The number of nitrogens with one attached hydrogen (secondary N) is 1. The van der Waals surface area contributed by atoms with Crippen molar-refractivity contribution in [3.05, 3.63) is 66.0 Å². The van der Waals surface area contributed by atoms with E-state index in [0.717, 1.165) is 29.0 Å². The first-order chi connectivity index (χ1) is 14.2. The van der Waals surface area contributed by atoms with Crippen molar-refractivity contribution in [2.75, 3.05) is 30.3 Å². The number of carbonyl (C=O) groups is 1. The number of ether oxygens (including phenoxy) is 1. The smallest absolute Gasteiger partial charge is 0.243 e. The van der Waals surface area contributed by atoms with Crippen LogP contribution in [0, 0.1) is 5.82 Å².